The van der Waals surface area contributed by atoms with Crippen molar-refractivity contribution in [3.63, 3.8) is 0 Å². The molecule has 0 aliphatic heterocycles. The van der Waals surface area contributed by atoms with Crippen molar-refractivity contribution in [1.82, 2.24) is 4.57 Å². The third-order valence-corrected chi connectivity index (χ3v) is 2.48. The van der Waals surface area contributed by atoms with Crippen LogP contribution in [0.3, 0.4) is 0 Å². The maximum absolute atomic E-state index is 11.2. The molecule has 0 atom stereocenters. The summed E-state index contributed by atoms with van der Waals surface area (Å²) in [7, 11) is 0. The van der Waals surface area contributed by atoms with Gasteiger partial charge in [-0.1, -0.05) is 15.9 Å². The first-order chi connectivity index (χ1) is 6.22. The molecule has 1 aromatic carbocycles. The second kappa shape index (κ2) is 3.20. The van der Waals surface area contributed by atoms with E-state index in [0.717, 1.165) is 4.47 Å². The highest BCUT2D eigenvalue weighted by molar-refractivity contribution is 9.10. The first-order valence-corrected chi connectivity index (χ1v) is 4.90. The molecule has 0 spiro atoms. The van der Waals surface area contributed by atoms with Gasteiger partial charge in [0.2, 0.25) is 0 Å². The van der Waals surface area contributed by atoms with Crippen LogP contribution in [0.4, 0.5) is 0 Å². The monoisotopic (exact) mass is 261 g/mol. The van der Waals surface area contributed by atoms with Gasteiger partial charge in [0.1, 0.15) is 6.00 Å². The van der Waals surface area contributed by atoms with E-state index in [1.54, 1.807) is 12.1 Å². The number of hydrogen-bond acceptors (Lipinski definition) is 2. The number of alkyl halides is 1. The SMILES string of the molecule is O=c1oc2cc(Br)ccc2n1CCl. The Hall–Kier alpha value is -0.740. The van der Waals surface area contributed by atoms with Crippen molar-refractivity contribution in [2.45, 2.75) is 6.00 Å². The zero-order valence-corrected chi connectivity index (χ0v) is 8.80. The summed E-state index contributed by atoms with van der Waals surface area (Å²) in [5.41, 5.74) is 1.25. The van der Waals surface area contributed by atoms with Gasteiger partial charge in [0.15, 0.2) is 5.58 Å². The van der Waals surface area contributed by atoms with Crippen molar-refractivity contribution >= 4 is 38.6 Å². The minimum absolute atomic E-state index is 0.105. The van der Waals surface area contributed by atoms with Gasteiger partial charge in [-0.2, -0.15) is 0 Å². The highest BCUT2D eigenvalue weighted by Gasteiger charge is 2.07. The number of halogens is 2. The number of benzene rings is 1. The molecule has 1 heterocycles. The van der Waals surface area contributed by atoms with Crippen LogP contribution in [0.2, 0.25) is 0 Å². The lowest BCUT2D eigenvalue weighted by Crippen LogP contribution is -2.10. The highest BCUT2D eigenvalue weighted by atomic mass is 79.9. The van der Waals surface area contributed by atoms with Gasteiger partial charge in [0, 0.05) is 4.47 Å². The van der Waals surface area contributed by atoms with E-state index in [-0.39, 0.29) is 6.00 Å². The van der Waals surface area contributed by atoms with Crippen LogP contribution in [-0.4, -0.2) is 4.57 Å². The molecule has 0 saturated carbocycles. The predicted octanol–water partition coefficient (Wildman–Crippen LogP) is 2.55. The molecule has 2 aromatic rings. The van der Waals surface area contributed by atoms with Crippen LogP contribution in [0.25, 0.3) is 11.1 Å². The molecular formula is C8H5BrClNO2. The smallest absolute Gasteiger partial charge is 0.408 e. The minimum atomic E-state index is -0.428. The summed E-state index contributed by atoms with van der Waals surface area (Å²) < 4.78 is 7.20. The third-order valence-electron chi connectivity index (χ3n) is 1.75. The van der Waals surface area contributed by atoms with Crippen molar-refractivity contribution in [2.75, 3.05) is 0 Å². The largest absolute Gasteiger partial charge is 0.421 e. The molecule has 0 bridgehead atoms. The lowest BCUT2D eigenvalue weighted by atomic mass is 10.3. The van der Waals surface area contributed by atoms with Crippen LogP contribution in [0.5, 0.6) is 0 Å². The number of fused-ring (bicyclic) bond motifs is 1. The lowest BCUT2D eigenvalue weighted by Gasteiger charge is -1.93. The van der Waals surface area contributed by atoms with E-state index in [0.29, 0.717) is 11.1 Å². The zero-order chi connectivity index (χ0) is 9.42. The Morgan fingerprint density at radius 1 is 1.54 bits per heavy atom. The zero-order valence-electron chi connectivity index (χ0n) is 6.46. The number of oxazole rings is 1. The van der Waals surface area contributed by atoms with Gasteiger partial charge in [-0.05, 0) is 18.2 Å². The van der Waals surface area contributed by atoms with E-state index in [2.05, 4.69) is 15.9 Å². The standard InChI is InChI=1S/C8H5BrClNO2/c9-5-1-2-6-7(3-5)13-8(12)11(6)4-10/h1-3H,4H2. The second-order valence-corrected chi connectivity index (χ2v) is 3.68. The summed E-state index contributed by atoms with van der Waals surface area (Å²) in [4.78, 5) is 11.2. The van der Waals surface area contributed by atoms with Gasteiger partial charge >= 0.3 is 5.76 Å². The number of aromatic nitrogens is 1. The van der Waals surface area contributed by atoms with Crippen LogP contribution < -0.4 is 5.76 Å². The van der Waals surface area contributed by atoms with Gasteiger partial charge < -0.3 is 4.42 Å². The van der Waals surface area contributed by atoms with Crippen molar-refractivity contribution < 1.29 is 4.42 Å². The molecule has 0 fully saturated rings. The van der Waals surface area contributed by atoms with E-state index in [1.165, 1.54) is 4.57 Å². The second-order valence-electron chi connectivity index (χ2n) is 2.53. The van der Waals surface area contributed by atoms with E-state index in [1.807, 2.05) is 6.07 Å². The van der Waals surface area contributed by atoms with Gasteiger partial charge in [0.05, 0.1) is 5.52 Å². The Morgan fingerprint density at radius 2 is 2.31 bits per heavy atom. The van der Waals surface area contributed by atoms with Crippen LogP contribution in [0.15, 0.2) is 31.9 Å². The van der Waals surface area contributed by atoms with E-state index in [9.17, 15) is 4.79 Å². The average Bonchev–Trinajstić information content (AvgIpc) is 2.39. The maximum Gasteiger partial charge on any atom is 0.421 e. The Morgan fingerprint density at radius 3 is 3.00 bits per heavy atom. The average molecular weight is 262 g/mol. The molecule has 5 heteroatoms. The molecule has 0 aliphatic carbocycles. The van der Waals surface area contributed by atoms with Crippen LogP contribution in [0.1, 0.15) is 0 Å². The molecule has 0 unspecified atom stereocenters. The van der Waals surface area contributed by atoms with Crippen molar-refractivity contribution in [3.8, 4) is 0 Å². The summed E-state index contributed by atoms with van der Waals surface area (Å²) in [6.45, 7) is 0. The summed E-state index contributed by atoms with van der Waals surface area (Å²) in [6.07, 6.45) is 0. The van der Waals surface area contributed by atoms with E-state index in [4.69, 9.17) is 16.0 Å². The van der Waals surface area contributed by atoms with Crippen LogP contribution in [-0.2, 0) is 6.00 Å². The predicted molar refractivity (Wildman–Crippen MR) is 54.0 cm³/mol. The lowest BCUT2D eigenvalue weighted by molar-refractivity contribution is 0.525. The normalized spacial score (nSPS) is 10.9. The van der Waals surface area contributed by atoms with Gasteiger partial charge in [-0.25, -0.2) is 4.79 Å². The van der Waals surface area contributed by atoms with Gasteiger partial charge in [-0.3, -0.25) is 4.57 Å². The highest BCUT2D eigenvalue weighted by Crippen LogP contribution is 2.18. The number of hydrogen-bond donors (Lipinski definition) is 0. The summed E-state index contributed by atoms with van der Waals surface area (Å²) in [6, 6.07) is 5.46. The first kappa shape index (κ1) is 8.84. The molecule has 13 heavy (non-hydrogen) atoms. The van der Waals surface area contributed by atoms with Gasteiger partial charge in [0.25, 0.3) is 0 Å². The molecule has 0 amide bonds. The Bertz CT molecular complexity index is 502. The summed E-state index contributed by atoms with van der Waals surface area (Å²) in [5, 5.41) is 0. The molecule has 3 nitrogen and oxygen atoms in total. The topological polar surface area (TPSA) is 35.1 Å². The Labute approximate surface area is 87.0 Å². The van der Waals surface area contributed by atoms with E-state index >= 15 is 0 Å². The number of rotatable bonds is 1. The van der Waals surface area contributed by atoms with Gasteiger partial charge in [-0.15, -0.1) is 11.6 Å². The quantitative estimate of drug-likeness (QED) is 0.740. The fourth-order valence-electron chi connectivity index (χ4n) is 1.15. The molecule has 0 saturated heterocycles. The fraction of sp³-hybridized carbons (Fsp3) is 0.125. The van der Waals surface area contributed by atoms with Crippen molar-refractivity contribution in [3.05, 3.63) is 33.2 Å². The van der Waals surface area contributed by atoms with Crippen molar-refractivity contribution in [1.29, 1.82) is 0 Å². The molecule has 0 N–H and O–H groups in total. The van der Waals surface area contributed by atoms with E-state index < -0.39 is 5.76 Å². The summed E-state index contributed by atoms with van der Waals surface area (Å²) >= 11 is 8.87. The Balaban J connectivity index is 2.87. The number of nitrogens with zero attached hydrogens (tertiary/aromatic N) is 1. The summed E-state index contributed by atoms with van der Waals surface area (Å²) in [5.74, 6) is -0.428. The fourth-order valence-corrected chi connectivity index (χ4v) is 1.72. The maximum atomic E-state index is 11.2. The molecule has 68 valence electrons. The van der Waals surface area contributed by atoms with Crippen LogP contribution in [0, 0.1) is 0 Å². The van der Waals surface area contributed by atoms with Crippen molar-refractivity contribution in [2.24, 2.45) is 0 Å². The Kier molecular flexibility index (Phi) is 2.17. The third kappa shape index (κ3) is 1.40. The molecular weight excluding hydrogens is 257 g/mol. The minimum Gasteiger partial charge on any atom is -0.408 e. The molecule has 2 rings (SSSR count). The van der Waals surface area contributed by atoms with Crippen LogP contribution >= 0.6 is 27.5 Å². The first-order valence-electron chi connectivity index (χ1n) is 3.57. The molecule has 0 radical (unpaired) electrons. The molecule has 0 aliphatic rings. The molecule has 1 aromatic heterocycles.